The lowest BCUT2D eigenvalue weighted by atomic mass is 10.0. The van der Waals surface area contributed by atoms with Gasteiger partial charge in [0.15, 0.2) is 22.5 Å². The van der Waals surface area contributed by atoms with Gasteiger partial charge in [0.05, 0.1) is 53.9 Å². The Bertz CT molecular complexity index is 1730. The molecule has 0 saturated carbocycles. The molecule has 48 heavy (non-hydrogen) atoms. The Labute approximate surface area is 287 Å². The molecule has 0 saturated heterocycles. The van der Waals surface area contributed by atoms with Crippen LogP contribution in [0.25, 0.3) is 28.0 Å². The van der Waals surface area contributed by atoms with E-state index < -0.39 is 28.8 Å². The molecule has 4 rings (SSSR count). The predicted octanol–water partition coefficient (Wildman–Crippen LogP) is 9.12. The Morgan fingerprint density at radius 2 is 1.60 bits per heavy atom. The number of carbonyl (C=O) groups is 1. The third-order valence-electron chi connectivity index (χ3n) is 9.89. The average molecular weight is 692 g/mol. The van der Waals surface area contributed by atoms with E-state index in [0.717, 1.165) is 22.2 Å². The van der Waals surface area contributed by atoms with E-state index in [1.165, 1.54) is 0 Å². The summed E-state index contributed by atoms with van der Waals surface area (Å²) in [7, 11) is -2.21. The van der Waals surface area contributed by atoms with Crippen molar-refractivity contribution in [1.82, 2.24) is 25.1 Å². The second kappa shape index (κ2) is 14.5. The molecule has 260 valence electrons. The highest BCUT2D eigenvalue weighted by Gasteiger charge is 2.38. The number of nitrogens with one attached hydrogen (secondary N) is 1. The lowest BCUT2D eigenvalue weighted by Gasteiger charge is -2.36. The highest BCUT2D eigenvalue weighted by molar-refractivity contribution is 6.74. The maximum Gasteiger partial charge on any atom is 0.405 e. The van der Waals surface area contributed by atoms with E-state index in [1.54, 1.807) is 18.0 Å². The van der Waals surface area contributed by atoms with Gasteiger partial charge in [0, 0.05) is 12.2 Å². The molecule has 3 heterocycles. The molecule has 4 aromatic rings. The van der Waals surface area contributed by atoms with Crippen LogP contribution in [-0.4, -0.2) is 61.3 Å². The Kier molecular flexibility index (Phi) is 11.2. The molecule has 1 aromatic carbocycles. The van der Waals surface area contributed by atoms with Crippen LogP contribution < -0.4 is 10.1 Å². The fourth-order valence-corrected chi connectivity index (χ4v) is 6.84. The van der Waals surface area contributed by atoms with Crippen LogP contribution in [0.15, 0.2) is 54.7 Å². The number of benzene rings is 1. The lowest BCUT2D eigenvalue weighted by molar-refractivity contribution is 0.187. The number of ether oxygens (including phenoxy) is 1. The minimum atomic E-state index is -1.95. The van der Waals surface area contributed by atoms with Crippen LogP contribution >= 0.6 is 0 Å². The third-order valence-corrected chi connectivity index (χ3v) is 18.9. The number of methoxy groups -OCH3 is 1. The molecule has 1 unspecified atom stereocenters. The molecule has 1 atom stereocenters. The number of hydrogen-bond donors (Lipinski definition) is 2. The van der Waals surface area contributed by atoms with Crippen molar-refractivity contribution in [2.75, 3.05) is 13.7 Å². The van der Waals surface area contributed by atoms with Crippen molar-refractivity contribution in [2.45, 2.75) is 103 Å². The Hall–Kier alpha value is -3.59. The van der Waals surface area contributed by atoms with E-state index in [0.29, 0.717) is 49.0 Å². The summed E-state index contributed by atoms with van der Waals surface area (Å²) in [5, 5.41) is 18.1. The summed E-state index contributed by atoms with van der Waals surface area (Å²) in [6, 6.07) is 15.0. The predicted molar refractivity (Wildman–Crippen MR) is 197 cm³/mol. The molecule has 12 heteroatoms. The number of amides is 1. The molecular formula is C36H53N5O5Si2. The zero-order chi connectivity index (χ0) is 35.5. The molecule has 0 aliphatic rings. The quantitative estimate of drug-likeness (QED) is 0.105. The van der Waals surface area contributed by atoms with E-state index in [4.69, 9.17) is 23.6 Å². The highest BCUT2D eigenvalue weighted by Crippen LogP contribution is 2.38. The van der Waals surface area contributed by atoms with Gasteiger partial charge in [-0.2, -0.15) is 5.10 Å². The summed E-state index contributed by atoms with van der Waals surface area (Å²) in [6.45, 7) is 23.2. The molecule has 0 spiro atoms. The Morgan fingerprint density at radius 3 is 2.25 bits per heavy atom. The number of carboxylic acid groups (broad SMARTS) is 1. The topological polar surface area (TPSA) is 121 Å². The van der Waals surface area contributed by atoms with Crippen LogP contribution in [0.4, 0.5) is 4.79 Å². The van der Waals surface area contributed by atoms with Gasteiger partial charge in [0.25, 0.3) is 0 Å². The van der Waals surface area contributed by atoms with Gasteiger partial charge in [0.1, 0.15) is 5.75 Å². The van der Waals surface area contributed by atoms with Gasteiger partial charge in [-0.05, 0) is 85.5 Å². The van der Waals surface area contributed by atoms with E-state index in [2.05, 4.69) is 78.1 Å². The van der Waals surface area contributed by atoms with Crippen LogP contribution in [0.1, 0.15) is 71.8 Å². The molecule has 0 bridgehead atoms. The largest absolute Gasteiger partial charge is 0.496 e. The van der Waals surface area contributed by atoms with Gasteiger partial charge < -0.3 is 24.0 Å². The van der Waals surface area contributed by atoms with Gasteiger partial charge in [-0.25, -0.2) is 14.5 Å². The first kappa shape index (κ1) is 37.2. The van der Waals surface area contributed by atoms with Crippen molar-refractivity contribution in [2.24, 2.45) is 0 Å². The second-order valence-corrected chi connectivity index (χ2v) is 25.0. The maximum atomic E-state index is 11.8. The summed E-state index contributed by atoms with van der Waals surface area (Å²) in [6.07, 6.45) is 1.96. The molecular weight excluding hydrogens is 639 g/mol. The fraction of sp³-hybridized carbons (Fsp3) is 0.500. The minimum absolute atomic E-state index is 0.101. The molecule has 0 aliphatic carbocycles. The normalized spacial score (nSPS) is 13.5. The number of hydrogen-bond acceptors (Lipinski definition) is 7. The summed E-state index contributed by atoms with van der Waals surface area (Å²) in [4.78, 5) is 21.6. The van der Waals surface area contributed by atoms with Crippen LogP contribution in [0.3, 0.4) is 0 Å². The number of rotatable bonds is 13. The van der Waals surface area contributed by atoms with Gasteiger partial charge in [-0.1, -0.05) is 53.7 Å². The van der Waals surface area contributed by atoms with E-state index in [1.807, 2.05) is 48.5 Å². The van der Waals surface area contributed by atoms with E-state index in [9.17, 15) is 9.90 Å². The van der Waals surface area contributed by atoms with Gasteiger partial charge in [-0.3, -0.25) is 4.98 Å². The molecule has 10 nitrogen and oxygen atoms in total. The van der Waals surface area contributed by atoms with Crippen LogP contribution in [0.5, 0.6) is 5.75 Å². The first-order valence-electron chi connectivity index (χ1n) is 16.6. The van der Waals surface area contributed by atoms with Crippen molar-refractivity contribution < 1.29 is 23.5 Å². The molecule has 0 aliphatic heterocycles. The average Bonchev–Trinajstić information content (AvgIpc) is 3.44. The van der Waals surface area contributed by atoms with Crippen LogP contribution in [0, 0.1) is 0 Å². The van der Waals surface area contributed by atoms with Crippen molar-refractivity contribution in [1.29, 1.82) is 0 Å². The van der Waals surface area contributed by atoms with Crippen molar-refractivity contribution in [3.63, 3.8) is 0 Å². The Balaban J connectivity index is 1.63. The standard InChI is InChI=1S/C36H53N5O5Si2/c1-35(2,3)47(8,9)45-20-14-18-30(40-34(42)43)29-17-13-16-28(39-29)25-21-31-27(32(22-25)44-7)23-37-41(31)33-19-12-15-26(38-33)24-46-48(10,11)36(4,5)6/h12-13,15-17,19,21-23,30,40H,14,18,20,24H2,1-11H3,(H,42,43). The minimum Gasteiger partial charge on any atom is -0.496 e. The van der Waals surface area contributed by atoms with Crippen LogP contribution in [0.2, 0.25) is 36.3 Å². The maximum absolute atomic E-state index is 11.8. The van der Waals surface area contributed by atoms with Gasteiger partial charge in [0.2, 0.25) is 0 Å². The number of nitrogens with zero attached hydrogens (tertiary/aromatic N) is 4. The van der Waals surface area contributed by atoms with E-state index in [-0.39, 0.29) is 10.1 Å². The molecule has 3 aromatic heterocycles. The second-order valence-electron chi connectivity index (χ2n) is 15.4. The zero-order valence-electron chi connectivity index (χ0n) is 30.5. The van der Waals surface area contributed by atoms with Crippen molar-refractivity contribution in [3.05, 3.63) is 66.1 Å². The number of pyridine rings is 2. The highest BCUT2D eigenvalue weighted by atomic mass is 28.4. The zero-order valence-corrected chi connectivity index (χ0v) is 32.5. The van der Waals surface area contributed by atoms with Crippen LogP contribution in [-0.2, 0) is 15.5 Å². The molecule has 1 amide bonds. The van der Waals surface area contributed by atoms with Gasteiger partial charge in [-0.15, -0.1) is 0 Å². The Morgan fingerprint density at radius 1 is 0.938 bits per heavy atom. The van der Waals surface area contributed by atoms with Crippen molar-refractivity contribution >= 4 is 33.6 Å². The van der Waals surface area contributed by atoms with Crippen molar-refractivity contribution in [3.8, 4) is 22.8 Å². The molecule has 0 fully saturated rings. The number of aromatic nitrogens is 4. The summed E-state index contributed by atoms with van der Waals surface area (Å²) in [5.41, 5.74) is 3.81. The lowest BCUT2D eigenvalue weighted by Crippen LogP contribution is -2.41. The molecule has 0 radical (unpaired) electrons. The number of fused-ring (bicyclic) bond motifs is 1. The van der Waals surface area contributed by atoms with Gasteiger partial charge >= 0.3 is 6.09 Å². The fourth-order valence-electron chi connectivity index (χ4n) is 4.81. The first-order chi connectivity index (χ1) is 22.3. The summed E-state index contributed by atoms with van der Waals surface area (Å²) in [5.74, 6) is 1.33. The summed E-state index contributed by atoms with van der Waals surface area (Å²) < 4.78 is 20.4. The van der Waals surface area contributed by atoms with E-state index >= 15 is 0 Å². The monoisotopic (exact) mass is 691 g/mol. The first-order valence-corrected chi connectivity index (χ1v) is 22.4. The SMILES string of the molecule is COc1cc(-c2cccc(C(CCCO[Si](C)(C)C(C)(C)C)NC(=O)O)n2)cc2c1cnn2-c1cccc(CO[Si](C)(C)C(C)(C)C)n1. The third kappa shape index (κ3) is 8.71. The smallest absolute Gasteiger partial charge is 0.405 e. The molecule has 2 N–H and O–H groups in total. The summed E-state index contributed by atoms with van der Waals surface area (Å²) >= 11 is 0.